The summed E-state index contributed by atoms with van der Waals surface area (Å²) in [5.41, 5.74) is -0.417. The van der Waals surface area contributed by atoms with Crippen LogP contribution in [0.25, 0.3) is 0 Å². The number of hydrogen-bond acceptors (Lipinski definition) is 3. The zero-order valence-corrected chi connectivity index (χ0v) is 11.6. The summed E-state index contributed by atoms with van der Waals surface area (Å²) in [5, 5.41) is 11.4. The van der Waals surface area contributed by atoms with Crippen LogP contribution in [0.3, 0.4) is 0 Å². The maximum absolute atomic E-state index is 12.1. The molecule has 19 heavy (non-hydrogen) atoms. The monoisotopic (exact) mass is 270 g/mol. The van der Waals surface area contributed by atoms with Crippen molar-refractivity contribution in [1.29, 1.82) is 0 Å². The van der Waals surface area contributed by atoms with Crippen molar-refractivity contribution in [2.45, 2.75) is 38.5 Å². The van der Waals surface area contributed by atoms with Crippen LogP contribution in [-0.2, 0) is 14.4 Å². The molecule has 0 aliphatic heterocycles. The molecule has 0 aromatic carbocycles. The Morgan fingerprint density at radius 3 is 2.26 bits per heavy atom. The Morgan fingerprint density at radius 1 is 1.21 bits per heavy atom. The fraction of sp³-hybridized carbons (Fsp3) is 0.769. The van der Waals surface area contributed by atoms with Gasteiger partial charge in [0.05, 0.1) is 13.0 Å². The summed E-state index contributed by atoms with van der Waals surface area (Å²) in [5.74, 6) is -1.25. The summed E-state index contributed by atoms with van der Waals surface area (Å²) >= 11 is 0. The molecule has 0 aromatic heterocycles. The normalized spacial score (nSPS) is 16.9. The molecule has 0 bridgehead atoms. The molecule has 1 saturated carbocycles. The minimum atomic E-state index is -0.858. The highest BCUT2D eigenvalue weighted by Crippen LogP contribution is 2.44. The Morgan fingerprint density at radius 2 is 1.79 bits per heavy atom. The van der Waals surface area contributed by atoms with E-state index >= 15 is 0 Å². The lowest BCUT2D eigenvalue weighted by molar-refractivity contribution is -0.142. The summed E-state index contributed by atoms with van der Waals surface area (Å²) in [6.07, 6.45) is 3.75. The topological polar surface area (TPSA) is 86.7 Å². The number of likely N-dealkylation sites (N-methyl/N-ethyl adjacent to an activating group) is 2. The molecule has 0 atom stereocenters. The van der Waals surface area contributed by atoms with Crippen molar-refractivity contribution in [2.75, 3.05) is 20.6 Å². The van der Waals surface area contributed by atoms with E-state index < -0.39 is 11.4 Å². The highest BCUT2D eigenvalue weighted by atomic mass is 16.4. The molecule has 0 heterocycles. The molecule has 1 aliphatic carbocycles. The van der Waals surface area contributed by atoms with Gasteiger partial charge in [-0.15, -0.1) is 0 Å². The molecule has 2 amide bonds. The zero-order chi connectivity index (χ0) is 14.5. The molecule has 0 aromatic rings. The standard InChI is InChI=1S/C13H22N2O4/c1-14-10(16)9-15(2)11(17)7-13(8-12(18)19)5-3-4-6-13/h3-9H2,1-2H3,(H,14,16)(H,18,19). The number of carbonyl (C=O) groups is 3. The van der Waals surface area contributed by atoms with Gasteiger partial charge in [0.15, 0.2) is 0 Å². The van der Waals surface area contributed by atoms with Crippen LogP contribution in [0.15, 0.2) is 0 Å². The van der Waals surface area contributed by atoms with Crippen molar-refractivity contribution in [3.8, 4) is 0 Å². The van der Waals surface area contributed by atoms with Crippen molar-refractivity contribution in [2.24, 2.45) is 5.41 Å². The maximum atomic E-state index is 12.1. The average molecular weight is 270 g/mol. The number of nitrogens with one attached hydrogen (secondary N) is 1. The number of aliphatic carboxylic acids is 1. The molecular formula is C13H22N2O4. The number of carboxylic acid groups (broad SMARTS) is 1. The number of rotatable bonds is 6. The molecular weight excluding hydrogens is 248 g/mol. The second kappa shape index (κ2) is 6.54. The van der Waals surface area contributed by atoms with Crippen molar-refractivity contribution < 1.29 is 19.5 Å². The second-order valence-electron chi connectivity index (χ2n) is 5.38. The van der Waals surface area contributed by atoms with E-state index in [1.807, 2.05) is 0 Å². The van der Waals surface area contributed by atoms with Crippen LogP contribution in [-0.4, -0.2) is 48.4 Å². The lowest BCUT2D eigenvalue weighted by Crippen LogP contribution is -2.39. The minimum Gasteiger partial charge on any atom is -0.481 e. The first kappa shape index (κ1) is 15.5. The van der Waals surface area contributed by atoms with Crippen LogP contribution in [0, 0.1) is 5.41 Å². The molecule has 0 saturated heterocycles. The Bertz CT molecular complexity index is 362. The summed E-state index contributed by atoms with van der Waals surface area (Å²) in [6, 6.07) is 0. The van der Waals surface area contributed by atoms with Crippen molar-refractivity contribution in [3.05, 3.63) is 0 Å². The third-order valence-corrected chi connectivity index (χ3v) is 3.80. The fourth-order valence-corrected chi connectivity index (χ4v) is 2.70. The number of amides is 2. The van der Waals surface area contributed by atoms with E-state index in [0.29, 0.717) is 0 Å². The number of carboxylic acids is 1. The second-order valence-corrected chi connectivity index (χ2v) is 5.38. The molecule has 0 unspecified atom stereocenters. The fourth-order valence-electron chi connectivity index (χ4n) is 2.70. The summed E-state index contributed by atoms with van der Waals surface area (Å²) < 4.78 is 0. The van der Waals surface area contributed by atoms with Crippen LogP contribution in [0.4, 0.5) is 0 Å². The van der Waals surface area contributed by atoms with Crippen LogP contribution in [0.5, 0.6) is 0 Å². The smallest absolute Gasteiger partial charge is 0.303 e. The maximum Gasteiger partial charge on any atom is 0.303 e. The number of hydrogen-bond donors (Lipinski definition) is 2. The molecule has 6 heteroatoms. The largest absolute Gasteiger partial charge is 0.481 e. The zero-order valence-electron chi connectivity index (χ0n) is 11.6. The average Bonchev–Trinajstić information content (AvgIpc) is 2.75. The van der Waals surface area contributed by atoms with Gasteiger partial charge in [-0.05, 0) is 18.3 Å². The Balaban J connectivity index is 2.61. The van der Waals surface area contributed by atoms with Gasteiger partial charge in [-0.1, -0.05) is 12.8 Å². The lowest BCUT2D eigenvalue weighted by Gasteiger charge is -2.28. The SMILES string of the molecule is CNC(=O)CN(C)C(=O)CC1(CC(=O)O)CCCC1. The van der Waals surface area contributed by atoms with Crippen LogP contribution in [0.1, 0.15) is 38.5 Å². The minimum absolute atomic E-state index is 0.0124. The highest BCUT2D eigenvalue weighted by molar-refractivity contribution is 5.85. The van der Waals surface area contributed by atoms with Gasteiger partial charge in [0.1, 0.15) is 0 Å². The van der Waals surface area contributed by atoms with Gasteiger partial charge in [0, 0.05) is 20.5 Å². The van der Waals surface area contributed by atoms with Gasteiger partial charge in [-0.3, -0.25) is 14.4 Å². The van der Waals surface area contributed by atoms with Gasteiger partial charge < -0.3 is 15.3 Å². The van der Waals surface area contributed by atoms with Crippen LogP contribution in [0.2, 0.25) is 0 Å². The lowest BCUT2D eigenvalue weighted by atomic mass is 9.79. The predicted octanol–water partition coefficient (Wildman–Crippen LogP) is 0.616. The van der Waals surface area contributed by atoms with E-state index in [-0.39, 0.29) is 31.2 Å². The van der Waals surface area contributed by atoms with Gasteiger partial charge in [0.2, 0.25) is 11.8 Å². The first-order valence-corrected chi connectivity index (χ1v) is 6.55. The van der Waals surface area contributed by atoms with Gasteiger partial charge in [0.25, 0.3) is 0 Å². The molecule has 2 N–H and O–H groups in total. The molecule has 1 aliphatic rings. The van der Waals surface area contributed by atoms with Gasteiger partial charge in [-0.2, -0.15) is 0 Å². The summed E-state index contributed by atoms with van der Waals surface area (Å²) in [6.45, 7) is 0.0124. The van der Waals surface area contributed by atoms with E-state index in [4.69, 9.17) is 5.11 Å². The Kier molecular flexibility index (Phi) is 5.32. The number of carbonyl (C=O) groups excluding carboxylic acids is 2. The van der Waals surface area contributed by atoms with Crippen LogP contribution >= 0.6 is 0 Å². The summed E-state index contributed by atoms with van der Waals surface area (Å²) in [4.78, 5) is 35.6. The Hall–Kier alpha value is -1.59. The molecule has 108 valence electrons. The first-order valence-electron chi connectivity index (χ1n) is 6.55. The summed E-state index contributed by atoms with van der Waals surface area (Å²) in [7, 11) is 3.09. The number of nitrogens with zero attached hydrogens (tertiary/aromatic N) is 1. The van der Waals surface area contributed by atoms with Gasteiger partial charge >= 0.3 is 5.97 Å². The van der Waals surface area contributed by atoms with Crippen LogP contribution < -0.4 is 5.32 Å². The highest BCUT2D eigenvalue weighted by Gasteiger charge is 2.38. The third kappa shape index (κ3) is 4.54. The van der Waals surface area contributed by atoms with E-state index in [0.717, 1.165) is 25.7 Å². The molecule has 0 radical (unpaired) electrons. The van der Waals surface area contributed by atoms with Crippen molar-refractivity contribution >= 4 is 17.8 Å². The van der Waals surface area contributed by atoms with E-state index in [2.05, 4.69) is 5.32 Å². The molecule has 1 rings (SSSR count). The molecule has 6 nitrogen and oxygen atoms in total. The molecule has 0 spiro atoms. The van der Waals surface area contributed by atoms with E-state index in [1.165, 1.54) is 11.9 Å². The van der Waals surface area contributed by atoms with Crippen molar-refractivity contribution in [1.82, 2.24) is 10.2 Å². The predicted molar refractivity (Wildman–Crippen MR) is 69.5 cm³/mol. The third-order valence-electron chi connectivity index (χ3n) is 3.80. The van der Waals surface area contributed by atoms with E-state index in [9.17, 15) is 14.4 Å². The Labute approximate surface area is 113 Å². The van der Waals surface area contributed by atoms with Crippen molar-refractivity contribution in [3.63, 3.8) is 0 Å². The quantitative estimate of drug-likeness (QED) is 0.740. The molecule has 1 fully saturated rings. The first-order chi connectivity index (χ1) is 8.88. The van der Waals surface area contributed by atoms with E-state index in [1.54, 1.807) is 7.05 Å². The van der Waals surface area contributed by atoms with Gasteiger partial charge in [-0.25, -0.2) is 0 Å².